The number of hydrogen-bond acceptors (Lipinski definition) is 5. The molecule has 7 nitrogen and oxygen atoms in total. The van der Waals surface area contributed by atoms with Gasteiger partial charge in [-0.15, -0.1) is 0 Å². The van der Waals surface area contributed by atoms with Crippen LogP contribution in [0.4, 0.5) is 5.69 Å². The van der Waals surface area contributed by atoms with Gasteiger partial charge in [0.1, 0.15) is 0 Å². The molecule has 0 spiro atoms. The van der Waals surface area contributed by atoms with Crippen molar-refractivity contribution in [2.75, 3.05) is 25.5 Å². The average Bonchev–Trinajstić information content (AvgIpc) is 2.80. The zero-order valence-corrected chi connectivity index (χ0v) is 21.7. The molecule has 3 aromatic rings. The molecule has 0 fully saturated rings. The lowest BCUT2D eigenvalue weighted by Gasteiger charge is -2.21. The van der Waals surface area contributed by atoms with Crippen LogP contribution in [0.1, 0.15) is 16.7 Å². The first-order chi connectivity index (χ1) is 16.1. The number of anilines is 1. The van der Waals surface area contributed by atoms with Crippen LogP contribution < -0.4 is 10.3 Å². The fourth-order valence-corrected chi connectivity index (χ4v) is 4.76. The van der Waals surface area contributed by atoms with Crippen molar-refractivity contribution < 1.29 is 13.2 Å². The van der Waals surface area contributed by atoms with Gasteiger partial charge in [-0.25, -0.2) is 13.8 Å². The Morgan fingerprint density at radius 3 is 2.18 bits per heavy atom. The summed E-state index contributed by atoms with van der Waals surface area (Å²) in [5.41, 5.74) is 6.00. The number of rotatable bonds is 9. The Hall–Kier alpha value is -3.01. The smallest absolute Gasteiger partial charge is 0.255 e. The standard InChI is InChI=1S/C25H27BrN4O3S/c1-19-4-14-24(15-5-19)34(32,33)30(17-21-6-10-22(26)11-7-21)18-25(31)28-27-16-20-8-12-23(13-9-20)29(2)3/h4-16H,17-18H2,1-3H3,(H,28,31)/b27-16-. The average molecular weight is 543 g/mol. The third-order valence-electron chi connectivity index (χ3n) is 5.06. The van der Waals surface area contributed by atoms with E-state index in [1.165, 1.54) is 6.21 Å². The van der Waals surface area contributed by atoms with Crippen LogP contribution in [0.15, 0.2) is 87.3 Å². The van der Waals surface area contributed by atoms with Crippen LogP contribution in [0.25, 0.3) is 0 Å². The number of hydrazone groups is 1. The van der Waals surface area contributed by atoms with Crippen LogP contribution in [0.3, 0.4) is 0 Å². The number of benzene rings is 3. The quantitative estimate of drug-likeness (QED) is 0.325. The van der Waals surface area contributed by atoms with Crippen molar-refractivity contribution in [3.05, 3.63) is 94.0 Å². The zero-order chi connectivity index (χ0) is 24.7. The number of hydrogen-bond donors (Lipinski definition) is 1. The lowest BCUT2D eigenvalue weighted by molar-refractivity contribution is -0.121. The van der Waals surface area contributed by atoms with Crippen molar-refractivity contribution in [3.63, 3.8) is 0 Å². The Labute approximate surface area is 209 Å². The zero-order valence-electron chi connectivity index (χ0n) is 19.3. The van der Waals surface area contributed by atoms with Crippen molar-refractivity contribution >= 4 is 43.8 Å². The molecule has 0 aliphatic carbocycles. The highest BCUT2D eigenvalue weighted by Gasteiger charge is 2.27. The molecule has 0 unspecified atom stereocenters. The van der Waals surface area contributed by atoms with Gasteiger partial charge in [0, 0.05) is 30.8 Å². The number of sulfonamides is 1. The Bertz CT molecular complexity index is 1240. The molecule has 0 saturated carbocycles. The lowest BCUT2D eigenvalue weighted by Crippen LogP contribution is -2.39. The molecule has 0 bridgehead atoms. The van der Waals surface area contributed by atoms with Crippen LogP contribution in [-0.4, -0.2) is 45.5 Å². The van der Waals surface area contributed by atoms with E-state index in [0.29, 0.717) is 0 Å². The van der Waals surface area contributed by atoms with E-state index in [4.69, 9.17) is 0 Å². The van der Waals surface area contributed by atoms with Crippen LogP contribution >= 0.6 is 15.9 Å². The summed E-state index contributed by atoms with van der Waals surface area (Å²) < 4.78 is 28.7. The van der Waals surface area contributed by atoms with Gasteiger partial charge in [-0.1, -0.05) is 57.9 Å². The van der Waals surface area contributed by atoms with Gasteiger partial charge in [0.25, 0.3) is 5.91 Å². The number of carbonyl (C=O) groups excluding carboxylic acids is 1. The summed E-state index contributed by atoms with van der Waals surface area (Å²) in [6.45, 7) is 1.56. The van der Waals surface area contributed by atoms with Crippen LogP contribution in [-0.2, 0) is 21.4 Å². The summed E-state index contributed by atoms with van der Waals surface area (Å²) in [7, 11) is -0.00232. The van der Waals surface area contributed by atoms with Gasteiger partial charge < -0.3 is 4.90 Å². The van der Waals surface area contributed by atoms with Gasteiger partial charge in [-0.2, -0.15) is 9.41 Å². The third-order valence-corrected chi connectivity index (χ3v) is 7.40. The lowest BCUT2D eigenvalue weighted by atomic mass is 10.2. The first-order valence-corrected chi connectivity index (χ1v) is 12.8. The monoisotopic (exact) mass is 542 g/mol. The summed E-state index contributed by atoms with van der Waals surface area (Å²) in [6, 6.07) is 21.5. The van der Waals surface area contributed by atoms with E-state index in [1.54, 1.807) is 24.3 Å². The molecule has 0 atom stereocenters. The van der Waals surface area contributed by atoms with Crippen molar-refractivity contribution in [2.45, 2.75) is 18.4 Å². The van der Waals surface area contributed by atoms with E-state index in [-0.39, 0.29) is 18.0 Å². The van der Waals surface area contributed by atoms with E-state index >= 15 is 0 Å². The topological polar surface area (TPSA) is 82.1 Å². The Kier molecular flexibility index (Phi) is 8.60. The highest BCUT2D eigenvalue weighted by atomic mass is 79.9. The van der Waals surface area contributed by atoms with Gasteiger partial charge >= 0.3 is 0 Å². The highest BCUT2D eigenvalue weighted by Crippen LogP contribution is 2.20. The predicted octanol–water partition coefficient (Wildman–Crippen LogP) is 4.16. The summed E-state index contributed by atoms with van der Waals surface area (Å²) in [5, 5.41) is 3.99. The van der Waals surface area contributed by atoms with E-state index in [2.05, 4.69) is 26.5 Å². The molecule has 1 N–H and O–H groups in total. The van der Waals surface area contributed by atoms with Gasteiger partial charge in [0.2, 0.25) is 10.0 Å². The summed E-state index contributed by atoms with van der Waals surface area (Å²) >= 11 is 3.38. The first kappa shape index (κ1) is 25.6. The molecule has 3 rings (SSSR count). The number of nitrogens with zero attached hydrogens (tertiary/aromatic N) is 3. The summed E-state index contributed by atoms with van der Waals surface area (Å²) in [4.78, 5) is 14.7. The highest BCUT2D eigenvalue weighted by molar-refractivity contribution is 9.10. The van der Waals surface area contributed by atoms with E-state index < -0.39 is 15.9 Å². The molecule has 0 radical (unpaired) electrons. The Morgan fingerprint density at radius 2 is 1.59 bits per heavy atom. The van der Waals surface area contributed by atoms with Crippen molar-refractivity contribution in [1.29, 1.82) is 0 Å². The molecule has 178 valence electrons. The second-order valence-corrected chi connectivity index (χ2v) is 10.8. The number of nitrogens with one attached hydrogen (secondary N) is 1. The van der Waals surface area contributed by atoms with Crippen molar-refractivity contribution in [1.82, 2.24) is 9.73 Å². The Balaban J connectivity index is 1.75. The van der Waals surface area contributed by atoms with Gasteiger partial charge in [0.15, 0.2) is 0 Å². The molecule has 3 aromatic carbocycles. The molecule has 34 heavy (non-hydrogen) atoms. The Morgan fingerprint density at radius 1 is 0.971 bits per heavy atom. The largest absolute Gasteiger partial charge is 0.378 e. The molecular formula is C25H27BrN4O3S. The first-order valence-electron chi connectivity index (χ1n) is 10.6. The molecule has 0 heterocycles. The normalized spacial score (nSPS) is 11.7. The molecule has 0 aromatic heterocycles. The number of aryl methyl sites for hydroxylation is 1. The molecule has 0 aliphatic heterocycles. The second kappa shape index (κ2) is 11.4. The van der Waals surface area contributed by atoms with E-state index in [0.717, 1.165) is 31.2 Å². The molecular weight excluding hydrogens is 516 g/mol. The minimum absolute atomic E-state index is 0.0482. The predicted molar refractivity (Wildman–Crippen MR) is 139 cm³/mol. The van der Waals surface area contributed by atoms with Gasteiger partial charge in [-0.3, -0.25) is 4.79 Å². The molecule has 9 heteroatoms. The SMILES string of the molecule is Cc1ccc(S(=O)(=O)N(CC(=O)N/N=C\c2ccc(N(C)C)cc2)Cc2ccc(Br)cc2)cc1. The summed E-state index contributed by atoms with van der Waals surface area (Å²) in [5.74, 6) is -0.533. The summed E-state index contributed by atoms with van der Waals surface area (Å²) in [6.07, 6.45) is 1.52. The molecule has 1 amide bonds. The minimum atomic E-state index is -3.91. The molecule has 0 saturated heterocycles. The van der Waals surface area contributed by atoms with Crippen molar-refractivity contribution in [2.24, 2.45) is 5.10 Å². The third kappa shape index (κ3) is 6.99. The number of carbonyl (C=O) groups is 1. The van der Waals surface area contributed by atoms with E-state index in [1.807, 2.05) is 74.4 Å². The van der Waals surface area contributed by atoms with Crippen LogP contribution in [0.5, 0.6) is 0 Å². The molecule has 0 aliphatic rings. The maximum atomic E-state index is 13.3. The minimum Gasteiger partial charge on any atom is -0.378 e. The van der Waals surface area contributed by atoms with Crippen LogP contribution in [0.2, 0.25) is 0 Å². The number of amides is 1. The second-order valence-electron chi connectivity index (χ2n) is 7.99. The number of halogens is 1. The van der Waals surface area contributed by atoms with Gasteiger partial charge in [0.05, 0.1) is 17.7 Å². The maximum absolute atomic E-state index is 13.3. The maximum Gasteiger partial charge on any atom is 0.255 e. The van der Waals surface area contributed by atoms with Crippen LogP contribution in [0, 0.1) is 6.92 Å². The van der Waals surface area contributed by atoms with E-state index in [9.17, 15) is 13.2 Å². The fraction of sp³-hybridized carbons (Fsp3) is 0.200. The van der Waals surface area contributed by atoms with Crippen molar-refractivity contribution in [3.8, 4) is 0 Å². The fourth-order valence-electron chi connectivity index (χ4n) is 3.11. The van der Waals surface area contributed by atoms with Gasteiger partial charge in [-0.05, 0) is 54.4 Å².